The molecule has 0 saturated heterocycles. The minimum absolute atomic E-state index is 0.378. The molecule has 0 aliphatic rings. The van der Waals surface area contributed by atoms with E-state index in [1.807, 2.05) is 29.9 Å². The first-order valence-electron chi connectivity index (χ1n) is 8.53. The molecular weight excluding hydrogens is 380 g/mol. The molecular formula is C20H21ClN4O3. The van der Waals surface area contributed by atoms with Crippen LogP contribution in [0.15, 0.2) is 54.9 Å². The summed E-state index contributed by atoms with van der Waals surface area (Å²) in [6.45, 7) is 0. The number of carbonyl (C=O) groups excluding carboxylic acids is 1. The molecule has 7 nitrogen and oxygen atoms in total. The van der Waals surface area contributed by atoms with Gasteiger partial charge in [-0.3, -0.25) is 0 Å². The molecule has 0 radical (unpaired) electrons. The molecule has 8 heteroatoms. The van der Waals surface area contributed by atoms with E-state index in [4.69, 9.17) is 21.1 Å². The predicted octanol–water partition coefficient (Wildman–Crippen LogP) is 4.00. The summed E-state index contributed by atoms with van der Waals surface area (Å²) >= 11 is 5.89. The molecule has 28 heavy (non-hydrogen) atoms. The number of hydrogen-bond donors (Lipinski definition) is 2. The Kier molecular flexibility index (Phi) is 6.06. The Morgan fingerprint density at radius 2 is 1.75 bits per heavy atom. The molecule has 3 aromatic rings. The summed E-state index contributed by atoms with van der Waals surface area (Å²) in [4.78, 5) is 17.0. The first kappa shape index (κ1) is 19.6. The summed E-state index contributed by atoms with van der Waals surface area (Å²) in [7, 11) is 5.02. The van der Waals surface area contributed by atoms with Gasteiger partial charge in [0.1, 0.15) is 23.4 Å². The number of amides is 2. The van der Waals surface area contributed by atoms with Crippen LogP contribution in [0.5, 0.6) is 11.5 Å². The Hall–Kier alpha value is -3.19. The third-order valence-electron chi connectivity index (χ3n) is 4.20. The number of hydrogen-bond acceptors (Lipinski definition) is 4. The van der Waals surface area contributed by atoms with E-state index in [-0.39, 0.29) is 6.03 Å². The summed E-state index contributed by atoms with van der Waals surface area (Å²) in [5.41, 5.74) is 1.40. The standard InChI is InChI=1S/C20H21ClN4O3/c1-25-9-8-22-19(25)18(13-10-16(27-2)12-17(11-13)28-3)24-20(26)23-15-6-4-14(21)5-7-15/h4-12,18H,1-3H3,(H2,23,24,26)/t18-/m0/s1. The van der Waals surface area contributed by atoms with Gasteiger partial charge in [0, 0.05) is 36.2 Å². The number of ether oxygens (including phenoxy) is 2. The van der Waals surface area contributed by atoms with Gasteiger partial charge in [0.15, 0.2) is 0 Å². The van der Waals surface area contributed by atoms with Gasteiger partial charge in [-0.05, 0) is 42.0 Å². The molecule has 2 aromatic carbocycles. The summed E-state index contributed by atoms with van der Waals surface area (Å²) in [6.07, 6.45) is 3.50. The van der Waals surface area contributed by atoms with Crippen LogP contribution in [0.3, 0.4) is 0 Å². The molecule has 0 unspecified atom stereocenters. The van der Waals surface area contributed by atoms with Crippen molar-refractivity contribution in [3.05, 3.63) is 71.3 Å². The van der Waals surface area contributed by atoms with Crippen molar-refractivity contribution in [1.29, 1.82) is 0 Å². The van der Waals surface area contributed by atoms with Gasteiger partial charge in [-0.25, -0.2) is 9.78 Å². The van der Waals surface area contributed by atoms with E-state index < -0.39 is 6.04 Å². The topological polar surface area (TPSA) is 77.4 Å². The van der Waals surface area contributed by atoms with Gasteiger partial charge in [0.05, 0.1) is 14.2 Å². The highest BCUT2D eigenvalue weighted by Gasteiger charge is 2.22. The van der Waals surface area contributed by atoms with Crippen LogP contribution < -0.4 is 20.1 Å². The number of aryl methyl sites for hydroxylation is 1. The Morgan fingerprint density at radius 1 is 1.11 bits per heavy atom. The van der Waals surface area contributed by atoms with E-state index in [9.17, 15) is 4.79 Å². The lowest BCUT2D eigenvalue weighted by Gasteiger charge is -2.21. The maximum absolute atomic E-state index is 12.6. The van der Waals surface area contributed by atoms with Crippen LogP contribution in [-0.4, -0.2) is 29.8 Å². The van der Waals surface area contributed by atoms with E-state index in [2.05, 4.69) is 15.6 Å². The van der Waals surface area contributed by atoms with E-state index in [0.717, 1.165) is 5.56 Å². The lowest BCUT2D eigenvalue weighted by atomic mass is 10.1. The number of nitrogens with zero attached hydrogens (tertiary/aromatic N) is 2. The zero-order valence-electron chi connectivity index (χ0n) is 15.8. The molecule has 0 aliphatic carbocycles. The van der Waals surface area contributed by atoms with Crippen molar-refractivity contribution in [2.45, 2.75) is 6.04 Å². The lowest BCUT2D eigenvalue weighted by molar-refractivity contribution is 0.249. The zero-order chi connectivity index (χ0) is 20.1. The maximum atomic E-state index is 12.6. The highest BCUT2D eigenvalue weighted by atomic mass is 35.5. The third kappa shape index (κ3) is 4.55. The van der Waals surface area contributed by atoms with Gasteiger partial charge in [-0.2, -0.15) is 0 Å². The number of anilines is 1. The van der Waals surface area contributed by atoms with Crippen LogP contribution in [0.25, 0.3) is 0 Å². The number of carbonyl (C=O) groups is 1. The molecule has 0 saturated carbocycles. The average molecular weight is 401 g/mol. The summed E-state index contributed by atoms with van der Waals surface area (Å²) in [5.74, 6) is 1.91. The number of nitrogens with one attached hydrogen (secondary N) is 2. The SMILES string of the molecule is COc1cc(OC)cc([C@H](NC(=O)Nc2ccc(Cl)cc2)c2nccn2C)c1. The van der Waals surface area contributed by atoms with Crippen molar-refractivity contribution in [3.63, 3.8) is 0 Å². The van der Waals surface area contributed by atoms with Crippen molar-refractivity contribution in [1.82, 2.24) is 14.9 Å². The van der Waals surface area contributed by atoms with Crippen molar-refractivity contribution in [3.8, 4) is 11.5 Å². The maximum Gasteiger partial charge on any atom is 0.320 e. The highest BCUT2D eigenvalue weighted by Crippen LogP contribution is 2.29. The molecule has 146 valence electrons. The fourth-order valence-electron chi connectivity index (χ4n) is 2.78. The normalized spacial score (nSPS) is 11.6. The second-order valence-electron chi connectivity index (χ2n) is 6.08. The number of imidazole rings is 1. The van der Waals surface area contributed by atoms with Crippen LogP contribution >= 0.6 is 11.6 Å². The lowest BCUT2D eigenvalue weighted by Crippen LogP contribution is -2.34. The van der Waals surface area contributed by atoms with Gasteiger partial charge in [0.2, 0.25) is 0 Å². The van der Waals surface area contributed by atoms with Crippen molar-refractivity contribution in [2.24, 2.45) is 7.05 Å². The number of methoxy groups -OCH3 is 2. The number of rotatable bonds is 6. The molecule has 1 heterocycles. The predicted molar refractivity (Wildman–Crippen MR) is 108 cm³/mol. The van der Waals surface area contributed by atoms with E-state index in [1.54, 1.807) is 50.7 Å². The van der Waals surface area contributed by atoms with Crippen LogP contribution in [0.1, 0.15) is 17.4 Å². The van der Waals surface area contributed by atoms with E-state index in [1.165, 1.54) is 0 Å². The molecule has 3 rings (SSSR count). The van der Waals surface area contributed by atoms with Gasteiger partial charge >= 0.3 is 6.03 Å². The minimum Gasteiger partial charge on any atom is -0.497 e. The Morgan fingerprint density at radius 3 is 2.29 bits per heavy atom. The van der Waals surface area contributed by atoms with Crippen LogP contribution in [0.2, 0.25) is 5.02 Å². The van der Waals surface area contributed by atoms with Crippen molar-refractivity contribution < 1.29 is 14.3 Å². The van der Waals surface area contributed by atoms with Gasteiger partial charge in [-0.1, -0.05) is 11.6 Å². The summed E-state index contributed by atoms with van der Waals surface area (Å²) < 4.78 is 12.6. The van der Waals surface area contributed by atoms with E-state index >= 15 is 0 Å². The largest absolute Gasteiger partial charge is 0.497 e. The Bertz CT molecular complexity index is 934. The van der Waals surface area contributed by atoms with Crippen LogP contribution in [-0.2, 0) is 7.05 Å². The molecule has 2 N–H and O–H groups in total. The second kappa shape index (κ2) is 8.67. The average Bonchev–Trinajstić information content (AvgIpc) is 3.13. The number of benzene rings is 2. The summed E-state index contributed by atoms with van der Waals surface area (Å²) in [5, 5.41) is 6.36. The summed E-state index contributed by atoms with van der Waals surface area (Å²) in [6, 6.07) is 11.4. The molecule has 1 aromatic heterocycles. The number of halogens is 1. The molecule has 2 amide bonds. The molecule has 0 spiro atoms. The number of aromatic nitrogens is 2. The van der Waals surface area contributed by atoms with Gasteiger partial charge in [-0.15, -0.1) is 0 Å². The fourth-order valence-corrected chi connectivity index (χ4v) is 2.91. The monoisotopic (exact) mass is 400 g/mol. The first-order chi connectivity index (χ1) is 13.5. The molecule has 0 fully saturated rings. The second-order valence-corrected chi connectivity index (χ2v) is 6.52. The van der Waals surface area contributed by atoms with Gasteiger partial charge in [0.25, 0.3) is 0 Å². The quantitative estimate of drug-likeness (QED) is 0.655. The Labute approximate surface area is 168 Å². The first-order valence-corrected chi connectivity index (χ1v) is 8.91. The fraction of sp³-hybridized carbons (Fsp3) is 0.200. The number of urea groups is 1. The Balaban J connectivity index is 1.91. The van der Waals surface area contributed by atoms with Crippen molar-refractivity contribution in [2.75, 3.05) is 19.5 Å². The zero-order valence-corrected chi connectivity index (χ0v) is 16.5. The van der Waals surface area contributed by atoms with Crippen LogP contribution in [0, 0.1) is 0 Å². The highest BCUT2D eigenvalue weighted by molar-refractivity contribution is 6.30. The van der Waals surface area contributed by atoms with Gasteiger partial charge < -0.3 is 24.7 Å². The molecule has 0 aliphatic heterocycles. The minimum atomic E-state index is -0.517. The van der Waals surface area contributed by atoms with E-state index in [0.29, 0.717) is 28.0 Å². The molecule has 0 bridgehead atoms. The van der Waals surface area contributed by atoms with Crippen molar-refractivity contribution >= 4 is 23.3 Å². The smallest absolute Gasteiger partial charge is 0.320 e. The molecule has 1 atom stereocenters. The third-order valence-corrected chi connectivity index (χ3v) is 4.45. The van der Waals surface area contributed by atoms with Crippen LogP contribution in [0.4, 0.5) is 10.5 Å².